The van der Waals surface area contributed by atoms with E-state index in [0.717, 1.165) is 17.2 Å². The minimum atomic E-state index is -0.442. The fourth-order valence-electron chi connectivity index (χ4n) is 2.19. The van der Waals surface area contributed by atoms with Gasteiger partial charge in [-0.15, -0.1) is 0 Å². The quantitative estimate of drug-likeness (QED) is 0.629. The van der Waals surface area contributed by atoms with Gasteiger partial charge in [-0.25, -0.2) is 0 Å². The van der Waals surface area contributed by atoms with Gasteiger partial charge in [0.05, 0.1) is 12.5 Å². The summed E-state index contributed by atoms with van der Waals surface area (Å²) in [5, 5.41) is 2.88. The minimum Gasteiger partial charge on any atom is -0.345 e. The number of carbonyl (C=O) groups is 2. The van der Waals surface area contributed by atoms with Gasteiger partial charge < -0.3 is 5.32 Å². The van der Waals surface area contributed by atoms with E-state index in [4.69, 9.17) is 23.2 Å². The number of nitrogens with one attached hydrogen (secondary N) is 1. The lowest BCUT2D eigenvalue weighted by molar-refractivity contribution is -0.126. The van der Waals surface area contributed by atoms with Crippen LogP contribution in [-0.4, -0.2) is 11.7 Å². The van der Waals surface area contributed by atoms with Crippen LogP contribution in [0.4, 0.5) is 0 Å². The van der Waals surface area contributed by atoms with Crippen molar-refractivity contribution < 1.29 is 9.59 Å². The average Bonchev–Trinajstić information content (AvgIpc) is 2.53. The fraction of sp³-hybridized carbons (Fsp3) is 0.111. The standard InChI is InChI=1S/C18H15Cl2NO2/c19-16(20)11-15(22)12-17(23)21-18(13-7-3-1-4-8-13)14-9-5-2-6-10-14/h1-11,18H,12H2,(H,21,23). The van der Waals surface area contributed by atoms with Gasteiger partial charge in [0, 0.05) is 6.08 Å². The molecule has 0 heterocycles. The number of amides is 1. The normalized spacial score (nSPS) is 10.2. The molecule has 0 fully saturated rings. The van der Waals surface area contributed by atoms with Crippen LogP contribution in [-0.2, 0) is 9.59 Å². The lowest BCUT2D eigenvalue weighted by Gasteiger charge is -2.19. The second-order valence-electron chi connectivity index (χ2n) is 4.90. The number of hydrogen-bond acceptors (Lipinski definition) is 2. The summed E-state index contributed by atoms with van der Waals surface area (Å²) in [5.74, 6) is -0.832. The summed E-state index contributed by atoms with van der Waals surface area (Å²) in [6, 6.07) is 18.8. The first-order valence-corrected chi connectivity index (χ1v) is 7.76. The summed E-state index contributed by atoms with van der Waals surface area (Å²) in [7, 11) is 0. The van der Waals surface area contributed by atoms with Gasteiger partial charge in [-0.3, -0.25) is 9.59 Å². The van der Waals surface area contributed by atoms with Crippen molar-refractivity contribution in [2.75, 3.05) is 0 Å². The maximum atomic E-state index is 12.1. The molecule has 0 atom stereocenters. The first kappa shape index (κ1) is 17.3. The highest BCUT2D eigenvalue weighted by molar-refractivity contribution is 6.56. The van der Waals surface area contributed by atoms with Crippen molar-refractivity contribution in [2.24, 2.45) is 0 Å². The molecule has 0 aliphatic carbocycles. The van der Waals surface area contributed by atoms with Gasteiger partial charge in [0.15, 0.2) is 5.78 Å². The van der Waals surface area contributed by atoms with Crippen LogP contribution in [0.5, 0.6) is 0 Å². The molecule has 2 rings (SSSR count). The van der Waals surface area contributed by atoms with E-state index in [2.05, 4.69) is 5.32 Å². The topological polar surface area (TPSA) is 46.2 Å². The Kier molecular flexibility index (Phi) is 6.39. The lowest BCUT2D eigenvalue weighted by atomic mass is 9.98. The third-order valence-electron chi connectivity index (χ3n) is 3.18. The Morgan fingerprint density at radius 1 is 0.913 bits per heavy atom. The van der Waals surface area contributed by atoms with Gasteiger partial charge in [0.1, 0.15) is 4.49 Å². The first-order valence-electron chi connectivity index (χ1n) is 7.01. The largest absolute Gasteiger partial charge is 0.345 e. The van der Waals surface area contributed by atoms with Gasteiger partial charge in [-0.05, 0) is 11.1 Å². The summed E-state index contributed by atoms with van der Waals surface area (Å²) in [6.45, 7) is 0. The van der Waals surface area contributed by atoms with Crippen LogP contribution in [0.25, 0.3) is 0 Å². The molecular weight excluding hydrogens is 333 g/mol. The number of carbonyl (C=O) groups excluding carboxylic acids is 2. The Bertz CT molecular complexity index is 656. The minimum absolute atomic E-state index is 0.162. The second kappa shape index (κ2) is 8.51. The van der Waals surface area contributed by atoms with Gasteiger partial charge in [0.25, 0.3) is 0 Å². The summed E-state index contributed by atoms with van der Waals surface area (Å²) in [5.41, 5.74) is 1.87. The Morgan fingerprint density at radius 3 is 1.83 bits per heavy atom. The maximum absolute atomic E-state index is 12.1. The molecule has 0 aromatic heterocycles. The number of halogens is 2. The van der Waals surface area contributed by atoms with Crippen LogP contribution in [0.3, 0.4) is 0 Å². The zero-order valence-corrected chi connectivity index (χ0v) is 13.7. The monoisotopic (exact) mass is 347 g/mol. The SMILES string of the molecule is O=C(C=C(Cl)Cl)CC(=O)NC(c1ccccc1)c1ccccc1. The number of rotatable bonds is 6. The van der Waals surface area contributed by atoms with Crippen LogP contribution in [0.15, 0.2) is 71.2 Å². The molecule has 2 aromatic rings. The summed E-state index contributed by atoms with van der Waals surface area (Å²) < 4.78 is -0.162. The average molecular weight is 348 g/mol. The van der Waals surface area contributed by atoms with E-state index >= 15 is 0 Å². The van der Waals surface area contributed by atoms with Crippen LogP contribution in [0, 0.1) is 0 Å². The molecule has 5 heteroatoms. The van der Waals surface area contributed by atoms with E-state index in [1.165, 1.54) is 0 Å². The fourth-order valence-corrected chi connectivity index (χ4v) is 2.44. The highest BCUT2D eigenvalue weighted by Crippen LogP contribution is 2.21. The molecule has 1 amide bonds. The third-order valence-corrected chi connectivity index (χ3v) is 3.39. The molecular formula is C18H15Cl2NO2. The lowest BCUT2D eigenvalue weighted by Crippen LogP contribution is -2.30. The van der Waals surface area contributed by atoms with E-state index < -0.39 is 11.7 Å². The van der Waals surface area contributed by atoms with E-state index in [1.54, 1.807) is 0 Å². The molecule has 0 unspecified atom stereocenters. The molecule has 2 aromatic carbocycles. The van der Waals surface area contributed by atoms with Crippen molar-refractivity contribution >= 4 is 34.9 Å². The van der Waals surface area contributed by atoms with E-state index in [1.807, 2.05) is 60.7 Å². The Balaban J connectivity index is 2.18. The Hall–Kier alpha value is -2.10. The molecule has 1 N–H and O–H groups in total. The first-order chi connectivity index (χ1) is 11.1. The predicted octanol–water partition coefficient (Wildman–Crippen LogP) is 4.17. The zero-order chi connectivity index (χ0) is 16.7. The van der Waals surface area contributed by atoms with Gasteiger partial charge in [0.2, 0.25) is 5.91 Å². The second-order valence-corrected chi connectivity index (χ2v) is 5.91. The summed E-state index contributed by atoms with van der Waals surface area (Å²) >= 11 is 10.9. The highest BCUT2D eigenvalue weighted by Gasteiger charge is 2.17. The van der Waals surface area contributed by atoms with Crippen molar-refractivity contribution in [1.29, 1.82) is 0 Å². The molecule has 0 bridgehead atoms. The van der Waals surface area contributed by atoms with Crippen LogP contribution >= 0.6 is 23.2 Å². The van der Waals surface area contributed by atoms with Crippen molar-refractivity contribution in [3.63, 3.8) is 0 Å². The number of benzene rings is 2. The van der Waals surface area contributed by atoms with Gasteiger partial charge in [-0.2, -0.15) is 0 Å². The van der Waals surface area contributed by atoms with E-state index in [9.17, 15) is 9.59 Å². The molecule has 0 saturated heterocycles. The summed E-state index contributed by atoms with van der Waals surface area (Å²) in [4.78, 5) is 23.8. The Labute approximate surface area is 144 Å². The maximum Gasteiger partial charge on any atom is 0.228 e. The van der Waals surface area contributed by atoms with E-state index in [0.29, 0.717) is 0 Å². The van der Waals surface area contributed by atoms with Crippen LogP contribution in [0.1, 0.15) is 23.6 Å². The molecule has 0 spiro atoms. The smallest absolute Gasteiger partial charge is 0.228 e. The molecule has 23 heavy (non-hydrogen) atoms. The predicted molar refractivity (Wildman–Crippen MR) is 92.3 cm³/mol. The van der Waals surface area contributed by atoms with Crippen molar-refractivity contribution in [3.8, 4) is 0 Å². The third kappa shape index (κ3) is 5.55. The molecule has 0 aliphatic heterocycles. The number of ketones is 1. The van der Waals surface area contributed by atoms with E-state index in [-0.39, 0.29) is 17.0 Å². The van der Waals surface area contributed by atoms with Gasteiger partial charge in [-0.1, -0.05) is 83.9 Å². The van der Waals surface area contributed by atoms with Crippen LogP contribution < -0.4 is 5.32 Å². The van der Waals surface area contributed by atoms with Crippen molar-refractivity contribution in [2.45, 2.75) is 12.5 Å². The van der Waals surface area contributed by atoms with Crippen molar-refractivity contribution in [3.05, 3.63) is 82.4 Å². The van der Waals surface area contributed by atoms with Crippen LogP contribution in [0.2, 0.25) is 0 Å². The van der Waals surface area contributed by atoms with Gasteiger partial charge >= 0.3 is 0 Å². The Morgan fingerprint density at radius 2 is 1.39 bits per heavy atom. The highest BCUT2D eigenvalue weighted by atomic mass is 35.5. The van der Waals surface area contributed by atoms with Crippen molar-refractivity contribution in [1.82, 2.24) is 5.32 Å². The number of hydrogen-bond donors (Lipinski definition) is 1. The molecule has 0 aliphatic rings. The molecule has 118 valence electrons. The molecule has 3 nitrogen and oxygen atoms in total. The zero-order valence-electron chi connectivity index (χ0n) is 12.2. The molecule has 0 saturated carbocycles. The summed E-state index contributed by atoms with van der Waals surface area (Å²) in [6.07, 6.45) is 0.724. The molecule has 0 radical (unpaired) electrons. The number of allylic oxidation sites excluding steroid dienone is 1.